The Kier molecular flexibility index (Phi) is 4.00. The zero-order valence-corrected chi connectivity index (χ0v) is 11.5. The molecule has 0 unspecified atom stereocenters. The first-order valence-corrected chi connectivity index (χ1v) is 6.32. The molecule has 2 rings (SSSR count). The maximum Gasteiger partial charge on any atom is 0.0615 e. The van der Waals surface area contributed by atoms with Crippen LogP contribution in [0, 0.1) is 0 Å². The summed E-state index contributed by atoms with van der Waals surface area (Å²) in [6.45, 7) is 0.727. The van der Waals surface area contributed by atoms with E-state index in [9.17, 15) is 0 Å². The van der Waals surface area contributed by atoms with Gasteiger partial charge in [-0.05, 0) is 35.9 Å². The Bertz CT molecular complexity index is 555. The molecule has 2 N–H and O–H groups in total. The maximum atomic E-state index is 5.99. The minimum Gasteiger partial charge on any atom is -0.397 e. The van der Waals surface area contributed by atoms with Crippen molar-refractivity contribution in [3.63, 3.8) is 0 Å². The largest absolute Gasteiger partial charge is 0.397 e. The highest BCUT2D eigenvalue weighted by Gasteiger charge is 2.07. The molecule has 0 aliphatic carbocycles. The van der Waals surface area contributed by atoms with Crippen LogP contribution >= 0.6 is 23.2 Å². The molecule has 0 fully saturated rings. The maximum absolute atomic E-state index is 5.99. The third-order valence-electron chi connectivity index (χ3n) is 2.71. The van der Waals surface area contributed by atoms with E-state index < -0.39 is 0 Å². The van der Waals surface area contributed by atoms with E-state index in [2.05, 4.69) is 0 Å². The molecule has 2 nitrogen and oxygen atoms in total. The number of hydrogen-bond acceptors (Lipinski definition) is 2. The van der Waals surface area contributed by atoms with Crippen molar-refractivity contribution in [3.05, 3.63) is 58.1 Å². The van der Waals surface area contributed by atoms with Crippen molar-refractivity contribution < 1.29 is 0 Å². The lowest BCUT2D eigenvalue weighted by atomic mass is 10.2. The molecule has 0 saturated heterocycles. The summed E-state index contributed by atoms with van der Waals surface area (Å²) in [6.07, 6.45) is 0. The summed E-state index contributed by atoms with van der Waals surface area (Å²) in [5.41, 5.74) is 8.71. The fourth-order valence-corrected chi connectivity index (χ4v) is 2.22. The Hall–Kier alpha value is -1.38. The summed E-state index contributed by atoms with van der Waals surface area (Å²) in [7, 11) is 1.98. The van der Waals surface area contributed by atoms with Crippen molar-refractivity contribution in [1.29, 1.82) is 0 Å². The minimum absolute atomic E-state index is 0.678. The molecule has 0 aromatic heterocycles. The molecule has 0 atom stereocenters. The quantitative estimate of drug-likeness (QED) is 0.854. The lowest BCUT2D eigenvalue weighted by Gasteiger charge is -2.21. The van der Waals surface area contributed by atoms with E-state index in [4.69, 9.17) is 28.9 Å². The van der Waals surface area contributed by atoms with Gasteiger partial charge in [0.25, 0.3) is 0 Å². The van der Waals surface area contributed by atoms with Crippen molar-refractivity contribution >= 4 is 34.6 Å². The molecule has 0 spiro atoms. The van der Waals surface area contributed by atoms with Gasteiger partial charge in [0.1, 0.15) is 0 Å². The van der Waals surface area contributed by atoms with Crippen molar-refractivity contribution in [2.24, 2.45) is 0 Å². The molecule has 18 heavy (non-hydrogen) atoms. The Morgan fingerprint density at radius 2 is 1.78 bits per heavy atom. The van der Waals surface area contributed by atoms with Crippen molar-refractivity contribution in [1.82, 2.24) is 0 Å². The van der Waals surface area contributed by atoms with Crippen LogP contribution < -0.4 is 10.6 Å². The fraction of sp³-hybridized carbons (Fsp3) is 0.143. The molecular weight excluding hydrogens is 267 g/mol. The van der Waals surface area contributed by atoms with Crippen LogP contribution in [-0.2, 0) is 6.54 Å². The molecule has 0 heterocycles. The second-order valence-corrected chi connectivity index (χ2v) is 5.06. The van der Waals surface area contributed by atoms with Gasteiger partial charge in [-0.2, -0.15) is 0 Å². The number of nitrogen functional groups attached to an aromatic ring is 1. The summed E-state index contributed by atoms with van der Waals surface area (Å²) in [5, 5.41) is 1.41. The predicted molar refractivity (Wildman–Crippen MR) is 79.4 cm³/mol. The fourth-order valence-electron chi connectivity index (χ4n) is 1.84. The molecule has 0 radical (unpaired) electrons. The SMILES string of the molecule is CN(Cc1cccc(Cl)c1)c1cc(Cl)ccc1N. The lowest BCUT2D eigenvalue weighted by Crippen LogP contribution is -2.17. The van der Waals surface area contributed by atoms with Crippen LogP contribution in [0.4, 0.5) is 11.4 Å². The van der Waals surface area contributed by atoms with Gasteiger partial charge in [-0.3, -0.25) is 0 Å². The van der Waals surface area contributed by atoms with Gasteiger partial charge in [-0.15, -0.1) is 0 Å². The summed E-state index contributed by atoms with van der Waals surface area (Å²) in [6, 6.07) is 13.2. The second-order valence-electron chi connectivity index (χ2n) is 4.19. The first kappa shape index (κ1) is 13.1. The minimum atomic E-state index is 0.678. The summed E-state index contributed by atoms with van der Waals surface area (Å²) in [4.78, 5) is 2.05. The summed E-state index contributed by atoms with van der Waals surface area (Å²) < 4.78 is 0. The molecule has 0 aliphatic rings. The Balaban J connectivity index is 2.21. The van der Waals surface area contributed by atoms with E-state index in [-0.39, 0.29) is 0 Å². The molecule has 94 valence electrons. The Morgan fingerprint density at radius 1 is 1.06 bits per heavy atom. The van der Waals surface area contributed by atoms with Crippen molar-refractivity contribution in [3.8, 4) is 0 Å². The zero-order valence-electron chi connectivity index (χ0n) is 10.0. The number of hydrogen-bond donors (Lipinski definition) is 1. The van der Waals surface area contributed by atoms with Crippen LogP contribution in [0.15, 0.2) is 42.5 Å². The average molecular weight is 281 g/mol. The molecule has 4 heteroatoms. The van der Waals surface area contributed by atoms with Crippen molar-refractivity contribution in [2.45, 2.75) is 6.54 Å². The number of anilines is 2. The van der Waals surface area contributed by atoms with Crippen LogP contribution in [0.2, 0.25) is 10.0 Å². The third kappa shape index (κ3) is 3.09. The van der Waals surface area contributed by atoms with Gasteiger partial charge in [-0.1, -0.05) is 35.3 Å². The average Bonchev–Trinajstić information content (AvgIpc) is 2.32. The van der Waals surface area contributed by atoms with E-state index in [1.165, 1.54) is 0 Å². The van der Waals surface area contributed by atoms with E-state index >= 15 is 0 Å². The molecule has 2 aromatic carbocycles. The van der Waals surface area contributed by atoms with Gasteiger partial charge in [0.15, 0.2) is 0 Å². The molecule has 0 saturated carbocycles. The second kappa shape index (κ2) is 5.51. The van der Waals surface area contributed by atoms with Crippen LogP contribution in [0.5, 0.6) is 0 Å². The van der Waals surface area contributed by atoms with Gasteiger partial charge in [0.05, 0.1) is 11.4 Å². The number of halogens is 2. The Labute approximate surface area is 117 Å². The van der Waals surface area contributed by atoms with Gasteiger partial charge in [0, 0.05) is 23.6 Å². The number of rotatable bonds is 3. The predicted octanol–water partition coefficient (Wildman–Crippen LogP) is 4.21. The molecule has 2 aromatic rings. The Morgan fingerprint density at radius 3 is 2.50 bits per heavy atom. The highest BCUT2D eigenvalue weighted by molar-refractivity contribution is 6.31. The normalized spacial score (nSPS) is 10.4. The van der Waals surface area contributed by atoms with E-state index in [0.717, 1.165) is 22.8 Å². The summed E-state index contributed by atoms with van der Waals surface area (Å²) >= 11 is 12.0. The number of nitrogens with zero attached hydrogens (tertiary/aromatic N) is 1. The third-order valence-corrected chi connectivity index (χ3v) is 3.18. The number of nitrogens with two attached hydrogens (primary N) is 1. The molecule has 0 bridgehead atoms. The van der Waals surface area contributed by atoms with E-state index in [0.29, 0.717) is 10.7 Å². The molecule has 0 amide bonds. The van der Waals surface area contributed by atoms with Crippen LogP contribution in [0.25, 0.3) is 0 Å². The van der Waals surface area contributed by atoms with E-state index in [1.807, 2.05) is 48.3 Å². The molecule has 0 aliphatic heterocycles. The number of benzene rings is 2. The topological polar surface area (TPSA) is 29.3 Å². The molecular formula is C14H14Cl2N2. The van der Waals surface area contributed by atoms with Gasteiger partial charge in [-0.25, -0.2) is 0 Å². The zero-order chi connectivity index (χ0) is 13.1. The van der Waals surface area contributed by atoms with Gasteiger partial charge < -0.3 is 10.6 Å². The van der Waals surface area contributed by atoms with E-state index in [1.54, 1.807) is 6.07 Å². The lowest BCUT2D eigenvalue weighted by molar-refractivity contribution is 0.925. The highest BCUT2D eigenvalue weighted by Crippen LogP contribution is 2.27. The first-order valence-electron chi connectivity index (χ1n) is 5.57. The first-order chi connectivity index (χ1) is 8.56. The van der Waals surface area contributed by atoms with Gasteiger partial charge >= 0.3 is 0 Å². The van der Waals surface area contributed by atoms with Crippen molar-refractivity contribution in [2.75, 3.05) is 17.7 Å². The monoisotopic (exact) mass is 280 g/mol. The standard InChI is InChI=1S/C14H14Cl2N2/c1-18(9-10-3-2-4-11(15)7-10)14-8-12(16)5-6-13(14)17/h2-8H,9,17H2,1H3. The van der Waals surface area contributed by atoms with Gasteiger partial charge in [0.2, 0.25) is 0 Å². The van der Waals surface area contributed by atoms with Crippen LogP contribution in [0.3, 0.4) is 0 Å². The summed E-state index contributed by atoms with van der Waals surface area (Å²) in [5.74, 6) is 0. The smallest absolute Gasteiger partial charge is 0.0615 e. The van der Waals surface area contributed by atoms with Crippen LogP contribution in [-0.4, -0.2) is 7.05 Å². The highest BCUT2D eigenvalue weighted by atomic mass is 35.5. The van der Waals surface area contributed by atoms with Crippen LogP contribution in [0.1, 0.15) is 5.56 Å².